The average molecular weight is 227 g/mol. The number of sulfonamides is 1. The summed E-state index contributed by atoms with van der Waals surface area (Å²) in [7, 11) is -3.16. The topological polar surface area (TPSA) is 46.2 Å². The molecule has 1 aromatic rings. The van der Waals surface area contributed by atoms with Crippen LogP contribution in [0.15, 0.2) is 30.3 Å². The standard InChI is InChI=1S/C11H17NO2S/c1-3-10(2)15(13,14)12-9-11-7-5-4-6-8-11/h4-8,10,12H,3,9H2,1-2H3. The van der Waals surface area contributed by atoms with Crippen LogP contribution >= 0.6 is 0 Å². The zero-order valence-corrected chi connectivity index (χ0v) is 9.92. The number of hydrogen-bond donors (Lipinski definition) is 1. The highest BCUT2D eigenvalue weighted by molar-refractivity contribution is 7.90. The molecule has 1 unspecified atom stereocenters. The molecule has 84 valence electrons. The van der Waals surface area contributed by atoms with Crippen molar-refractivity contribution in [2.45, 2.75) is 32.1 Å². The summed E-state index contributed by atoms with van der Waals surface area (Å²) in [5.41, 5.74) is 0.976. The average Bonchev–Trinajstić information content (AvgIpc) is 2.27. The smallest absolute Gasteiger partial charge is 0.212 e. The van der Waals surface area contributed by atoms with Crippen LogP contribution in [0.2, 0.25) is 0 Å². The molecule has 0 aliphatic carbocycles. The van der Waals surface area contributed by atoms with Crippen molar-refractivity contribution >= 4 is 10.0 Å². The Morgan fingerprint density at radius 3 is 2.40 bits per heavy atom. The summed E-state index contributed by atoms with van der Waals surface area (Å²) in [6.45, 7) is 3.95. The van der Waals surface area contributed by atoms with Gasteiger partial charge in [0.05, 0.1) is 5.25 Å². The first-order chi connectivity index (χ1) is 7.06. The van der Waals surface area contributed by atoms with Gasteiger partial charge < -0.3 is 0 Å². The van der Waals surface area contributed by atoms with Crippen molar-refractivity contribution in [2.24, 2.45) is 0 Å². The van der Waals surface area contributed by atoms with Gasteiger partial charge in [0.2, 0.25) is 10.0 Å². The molecule has 0 amide bonds. The fourth-order valence-electron chi connectivity index (χ4n) is 1.14. The molecular formula is C11H17NO2S. The second-order valence-electron chi connectivity index (χ2n) is 3.57. The summed E-state index contributed by atoms with van der Waals surface area (Å²) in [4.78, 5) is 0. The predicted molar refractivity (Wildman–Crippen MR) is 62.0 cm³/mol. The van der Waals surface area contributed by atoms with Crippen molar-refractivity contribution in [3.05, 3.63) is 35.9 Å². The van der Waals surface area contributed by atoms with Crippen LogP contribution in [-0.4, -0.2) is 13.7 Å². The Morgan fingerprint density at radius 2 is 1.87 bits per heavy atom. The molecule has 1 N–H and O–H groups in total. The number of hydrogen-bond acceptors (Lipinski definition) is 2. The molecule has 1 rings (SSSR count). The van der Waals surface area contributed by atoms with E-state index in [1.807, 2.05) is 37.3 Å². The first-order valence-corrected chi connectivity index (χ1v) is 6.63. The molecule has 3 nitrogen and oxygen atoms in total. The Hall–Kier alpha value is -0.870. The van der Waals surface area contributed by atoms with Crippen LogP contribution in [0.3, 0.4) is 0 Å². The highest BCUT2D eigenvalue weighted by Gasteiger charge is 2.17. The number of nitrogens with one attached hydrogen (secondary N) is 1. The Labute approximate surface area is 91.6 Å². The maximum absolute atomic E-state index is 11.6. The summed E-state index contributed by atoms with van der Waals surface area (Å²) < 4.78 is 25.8. The van der Waals surface area contributed by atoms with Crippen LogP contribution in [0.4, 0.5) is 0 Å². The van der Waals surface area contributed by atoms with Gasteiger partial charge in [0.15, 0.2) is 0 Å². The fourth-order valence-corrected chi connectivity index (χ4v) is 2.23. The minimum Gasteiger partial charge on any atom is -0.212 e. The van der Waals surface area contributed by atoms with Gasteiger partial charge in [0.25, 0.3) is 0 Å². The van der Waals surface area contributed by atoms with Gasteiger partial charge in [-0.1, -0.05) is 37.3 Å². The van der Waals surface area contributed by atoms with Gasteiger partial charge in [-0.2, -0.15) is 0 Å². The SMILES string of the molecule is CCC(C)S(=O)(=O)NCc1ccccc1. The maximum atomic E-state index is 11.6. The molecular weight excluding hydrogens is 210 g/mol. The van der Waals surface area contributed by atoms with E-state index >= 15 is 0 Å². The molecule has 0 aliphatic rings. The first-order valence-electron chi connectivity index (χ1n) is 5.08. The summed E-state index contributed by atoms with van der Waals surface area (Å²) in [6.07, 6.45) is 0.629. The third-order valence-corrected chi connectivity index (χ3v) is 4.36. The van der Waals surface area contributed by atoms with Crippen molar-refractivity contribution in [1.29, 1.82) is 0 Å². The molecule has 0 radical (unpaired) electrons. The second-order valence-corrected chi connectivity index (χ2v) is 5.75. The lowest BCUT2D eigenvalue weighted by Gasteiger charge is -2.11. The molecule has 0 aromatic heterocycles. The Bertz CT molecular complexity index is 386. The zero-order chi connectivity index (χ0) is 11.3. The van der Waals surface area contributed by atoms with Crippen molar-refractivity contribution < 1.29 is 8.42 Å². The molecule has 0 saturated heterocycles. The van der Waals surface area contributed by atoms with E-state index in [1.165, 1.54) is 0 Å². The van der Waals surface area contributed by atoms with Crippen LogP contribution in [0.25, 0.3) is 0 Å². The van der Waals surface area contributed by atoms with Crippen molar-refractivity contribution in [3.8, 4) is 0 Å². The molecule has 0 aliphatic heterocycles. The molecule has 0 heterocycles. The van der Waals surface area contributed by atoms with E-state index in [2.05, 4.69) is 4.72 Å². The van der Waals surface area contributed by atoms with Crippen LogP contribution in [0.5, 0.6) is 0 Å². The molecule has 4 heteroatoms. The Kier molecular flexibility index (Phi) is 4.29. The first kappa shape index (κ1) is 12.2. The third kappa shape index (κ3) is 3.64. The normalized spacial score (nSPS) is 13.7. The van der Waals surface area contributed by atoms with Crippen LogP contribution in [0.1, 0.15) is 25.8 Å². The largest absolute Gasteiger partial charge is 0.214 e. The van der Waals surface area contributed by atoms with Gasteiger partial charge in [-0.15, -0.1) is 0 Å². The molecule has 15 heavy (non-hydrogen) atoms. The van der Waals surface area contributed by atoms with E-state index in [-0.39, 0.29) is 5.25 Å². The monoisotopic (exact) mass is 227 g/mol. The Balaban J connectivity index is 2.58. The quantitative estimate of drug-likeness (QED) is 0.835. The van der Waals surface area contributed by atoms with Crippen LogP contribution < -0.4 is 4.72 Å². The lowest BCUT2D eigenvalue weighted by atomic mass is 10.2. The predicted octanol–water partition coefficient (Wildman–Crippen LogP) is 1.90. The minimum atomic E-state index is -3.16. The highest BCUT2D eigenvalue weighted by atomic mass is 32.2. The van der Waals surface area contributed by atoms with Gasteiger partial charge in [-0.25, -0.2) is 13.1 Å². The van der Waals surface area contributed by atoms with Crippen molar-refractivity contribution in [2.75, 3.05) is 0 Å². The minimum absolute atomic E-state index is 0.332. The van der Waals surface area contributed by atoms with E-state index in [9.17, 15) is 8.42 Å². The highest BCUT2D eigenvalue weighted by Crippen LogP contribution is 2.04. The number of rotatable bonds is 5. The lowest BCUT2D eigenvalue weighted by molar-refractivity contribution is 0.565. The van der Waals surface area contributed by atoms with Gasteiger partial charge in [0.1, 0.15) is 0 Å². The third-order valence-electron chi connectivity index (χ3n) is 2.42. The molecule has 0 fully saturated rings. The van der Waals surface area contributed by atoms with Crippen LogP contribution in [-0.2, 0) is 16.6 Å². The maximum Gasteiger partial charge on any atom is 0.214 e. The summed E-state index contributed by atoms with van der Waals surface area (Å²) in [5, 5.41) is -0.332. The molecule has 0 spiro atoms. The van der Waals surface area contributed by atoms with E-state index in [0.29, 0.717) is 13.0 Å². The van der Waals surface area contributed by atoms with E-state index in [0.717, 1.165) is 5.56 Å². The Morgan fingerprint density at radius 1 is 1.27 bits per heavy atom. The van der Waals surface area contributed by atoms with E-state index < -0.39 is 10.0 Å². The second kappa shape index (κ2) is 5.28. The van der Waals surface area contributed by atoms with Crippen molar-refractivity contribution in [1.82, 2.24) is 4.72 Å². The van der Waals surface area contributed by atoms with Crippen LogP contribution in [0, 0.1) is 0 Å². The molecule has 0 bridgehead atoms. The van der Waals surface area contributed by atoms with Gasteiger partial charge in [-0.05, 0) is 18.9 Å². The van der Waals surface area contributed by atoms with Gasteiger partial charge in [-0.3, -0.25) is 0 Å². The summed E-state index contributed by atoms with van der Waals surface area (Å²) in [5.74, 6) is 0. The van der Waals surface area contributed by atoms with E-state index in [4.69, 9.17) is 0 Å². The summed E-state index contributed by atoms with van der Waals surface area (Å²) in [6, 6.07) is 9.50. The zero-order valence-electron chi connectivity index (χ0n) is 9.10. The summed E-state index contributed by atoms with van der Waals surface area (Å²) >= 11 is 0. The molecule has 1 atom stereocenters. The molecule has 0 saturated carbocycles. The fraction of sp³-hybridized carbons (Fsp3) is 0.455. The lowest BCUT2D eigenvalue weighted by Crippen LogP contribution is -2.31. The molecule has 1 aromatic carbocycles. The van der Waals surface area contributed by atoms with Gasteiger partial charge >= 0.3 is 0 Å². The number of benzene rings is 1. The van der Waals surface area contributed by atoms with E-state index in [1.54, 1.807) is 6.92 Å². The van der Waals surface area contributed by atoms with Gasteiger partial charge in [0, 0.05) is 6.54 Å². The van der Waals surface area contributed by atoms with Crippen molar-refractivity contribution in [3.63, 3.8) is 0 Å².